The van der Waals surface area contributed by atoms with Gasteiger partial charge in [-0.2, -0.15) is 13.2 Å². The Balaban J connectivity index is 0.000000956. The summed E-state index contributed by atoms with van der Waals surface area (Å²) < 4.78 is 31.7. The number of amides is 1. The van der Waals surface area contributed by atoms with E-state index in [0.29, 0.717) is 23.7 Å². The third-order valence-corrected chi connectivity index (χ3v) is 5.77. The number of rotatable bonds is 10. The molecule has 0 aliphatic heterocycles. The van der Waals surface area contributed by atoms with Gasteiger partial charge in [0.15, 0.2) is 0 Å². The first kappa shape index (κ1) is 27.4. The standard InChI is InChI=1S/C15H20ClNO3S2.C2HF3O2/c1-11(10-12-2-4-13(16)5-3-12)15(20)17-7-9-22-21-8-6-14(18)19;3-2(4,5)1(6)7/h2-5,11H,6-10H2,1H3,(H,17,20)(H,18,19);(H,6,7). The van der Waals surface area contributed by atoms with Gasteiger partial charge in [-0.25, -0.2) is 4.79 Å². The SMILES string of the molecule is CC(Cc1ccc(Cl)cc1)C(=O)NCCSSCCC(=O)O.O=C(O)C(F)(F)F. The lowest BCUT2D eigenvalue weighted by Crippen LogP contribution is -2.31. The first-order valence-corrected chi connectivity index (χ1v) is 11.1. The van der Waals surface area contributed by atoms with Crippen LogP contribution in [0.4, 0.5) is 13.2 Å². The van der Waals surface area contributed by atoms with E-state index in [2.05, 4.69) is 5.32 Å². The number of aliphatic carboxylic acids is 2. The molecule has 0 aromatic heterocycles. The van der Waals surface area contributed by atoms with Crippen LogP contribution in [0.2, 0.25) is 5.02 Å². The van der Waals surface area contributed by atoms with Crippen molar-refractivity contribution in [1.29, 1.82) is 0 Å². The number of benzene rings is 1. The second-order valence-corrected chi connectivity index (χ2v) is 8.75. The Labute approximate surface area is 179 Å². The zero-order chi connectivity index (χ0) is 22.4. The molecule has 1 unspecified atom stereocenters. The van der Waals surface area contributed by atoms with Crippen LogP contribution in [-0.4, -0.2) is 52.3 Å². The summed E-state index contributed by atoms with van der Waals surface area (Å²) in [6, 6.07) is 7.51. The van der Waals surface area contributed by atoms with Crippen LogP contribution < -0.4 is 5.32 Å². The normalized spacial score (nSPS) is 11.8. The Bertz CT molecular complexity index is 659. The van der Waals surface area contributed by atoms with Crippen molar-refractivity contribution >= 4 is 51.0 Å². The molecule has 0 radical (unpaired) electrons. The third-order valence-electron chi connectivity index (χ3n) is 3.11. The topological polar surface area (TPSA) is 104 Å². The Morgan fingerprint density at radius 3 is 2.10 bits per heavy atom. The number of carboxylic acid groups (broad SMARTS) is 2. The van der Waals surface area contributed by atoms with Crippen molar-refractivity contribution in [3.8, 4) is 0 Å². The van der Waals surface area contributed by atoms with Gasteiger partial charge < -0.3 is 15.5 Å². The minimum atomic E-state index is -5.08. The van der Waals surface area contributed by atoms with E-state index < -0.39 is 18.1 Å². The minimum absolute atomic E-state index is 0.0334. The summed E-state index contributed by atoms with van der Waals surface area (Å²) in [5.74, 6) is -2.24. The average molecular weight is 476 g/mol. The Morgan fingerprint density at radius 2 is 1.62 bits per heavy atom. The molecule has 0 fully saturated rings. The zero-order valence-corrected chi connectivity index (χ0v) is 17.8. The monoisotopic (exact) mass is 475 g/mol. The maximum atomic E-state index is 12.0. The number of halogens is 4. The van der Waals surface area contributed by atoms with Crippen LogP contribution in [0, 0.1) is 5.92 Å². The summed E-state index contributed by atoms with van der Waals surface area (Å²) in [7, 11) is 3.10. The van der Waals surface area contributed by atoms with Crippen molar-refractivity contribution in [2.75, 3.05) is 18.1 Å². The van der Waals surface area contributed by atoms with Crippen LogP contribution in [0.15, 0.2) is 24.3 Å². The molecule has 1 atom stereocenters. The summed E-state index contributed by atoms with van der Waals surface area (Å²) in [6.07, 6.45) is -4.23. The van der Waals surface area contributed by atoms with Crippen molar-refractivity contribution in [2.45, 2.75) is 25.9 Å². The molecule has 1 aromatic rings. The molecule has 0 bridgehead atoms. The first-order chi connectivity index (χ1) is 13.4. The molecule has 6 nitrogen and oxygen atoms in total. The van der Waals surface area contributed by atoms with Gasteiger partial charge in [0, 0.05) is 29.0 Å². The van der Waals surface area contributed by atoms with Crippen LogP contribution in [0.25, 0.3) is 0 Å². The summed E-state index contributed by atoms with van der Waals surface area (Å²) in [5, 5.41) is 19.2. The summed E-state index contributed by atoms with van der Waals surface area (Å²) in [5.41, 5.74) is 1.09. The highest BCUT2D eigenvalue weighted by atomic mass is 35.5. The van der Waals surface area contributed by atoms with Gasteiger partial charge in [0.25, 0.3) is 0 Å². The fraction of sp³-hybridized carbons (Fsp3) is 0.471. The van der Waals surface area contributed by atoms with Gasteiger partial charge in [-0.05, 0) is 24.1 Å². The smallest absolute Gasteiger partial charge is 0.481 e. The predicted octanol–water partition coefficient (Wildman–Crippen LogP) is 4.12. The number of hydrogen-bond donors (Lipinski definition) is 3. The van der Waals surface area contributed by atoms with Crippen LogP contribution in [-0.2, 0) is 20.8 Å². The van der Waals surface area contributed by atoms with E-state index in [1.54, 1.807) is 10.8 Å². The highest BCUT2D eigenvalue weighted by Crippen LogP contribution is 2.21. The summed E-state index contributed by atoms with van der Waals surface area (Å²) >= 11 is 5.83. The molecule has 0 saturated carbocycles. The van der Waals surface area contributed by atoms with Crippen molar-refractivity contribution in [2.24, 2.45) is 5.92 Å². The second kappa shape index (κ2) is 14.4. The molecule has 3 N–H and O–H groups in total. The largest absolute Gasteiger partial charge is 0.490 e. The van der Waals surface area contributed by atoms with Crippen LogP contribution >= 0.6 is 33.2 Å². The number of alkyl halides is 3. The van der Waals surface area contributed by atoms with Crippen molar-refractivity contribution in [1.82, 2.24) is 5.32 Å². The molecule has 0 heterocycles. The van der Waals surface area contributed by atoms with Gasteiger partial charge in [0.2, 0.25) is 5.91 Å². The lowest BCUT2D eigenvalue weighted by molar-refractivity contribution is -0.192. The number of carbonyl (C=O) groups excluding carboxylic acids is 1. The maximum Gasteiger partial charge on any atom is 0.490 e. The van der Waals surface area contributed by atoms with Crippen LogP contribution in [0.1, 0.15) is 18.9 Å². The first-order valence-electron chi connectivity index (χ1n) is 8.22. The Morgan fingerprint density at radius 1 is 1.10 bits per heavy atom. The highest BCUT2D eigenvalue weighted by molar-refractivity contribution is 8.76. The summed E-state index contributed by atoms with van der Waals surface area (Å²) in [6.45, 7) is 2.49. The van der Waals surface area contributed by atoms with Gasteiger partial charge in [-0.3, -0.25) is 9.59 Å². The zero-order valence-electron chi connectivity index (χ0n) is 15.4. The molecule has 1 rings (SSSR count). The molecule has 0 saturated heterocycles. The van der Waals surface area contributed by atoms with E-state index in [1.807, 2.05) is 31.2 Å². The fourth-order valence-electron chi connectivity index (χ4n) is 1.70. The quantitative estimate of drug-likeness (QED) is 0.345. The van der Waals surface area contributed by atoms with E-state index in [-0.39, 0.29) is 18.2 Å². The van der Waals surface area contributed by atoms with E-state index >= 15 is 0 Å². The molecule has 0 aliphatic carbocycles. The molecule has 164 valence electrons. The molecule has 1 amide bonds. The van der Waals surface area contributed by atoms with Gasteiger partial charge in [0.05, 0.1) is 6.42 Å². The molecular weight excluding hydrogens is 455 g/mol. The van der Waals surface area contributed by atoms with Crippen molar-refractivity contribution in [3.63, 3.8) is 0 Å². The van der Waals surface area contributed by atoms with Gasteiger partial charge in [-0.15, -0.1) is 0 Å². The number of nitrogens with one attached hydrogen (secondary N) is 1. The lowest BCUT2D eigenvalue weighted by atomic mass is 10.0. The fourth-order valence-corrected chi connectivity index (χ4v) is 3.72. The Kier molecular flexibility index (Phi) is 13.6. The molecule has 12 heteroatoms. The van der Waals surface area contributed by atoms with Crippen LogP contribution in [0.5, 0.6) is 0 Å². The van der Waals surface area contributed by atoms with Crippen LogP contribution in [0.3, 0.4) is 0 Å². The van der Waals surface area contributed by atoms with Gasteiger partial charge in [-0.1, -0.05) is 52.2 Å². The van der Waals surface area contributed by atoms with Gasteiger partial charge >= 0.3 is 18.1 Å². The third kappa shape index (κ3) is 15.0. The number of carboxylic acids is 2. The number of carbonyl (C=O) groups is 3. The molecular formula is C17H21ClF3NO5S2. The van der Waals surface area contributed by atoms with E-state index in [4.69, 9.17) is 26.6 Å². The lowest BCUT2D eigenvalue weighted by Gasteiger charge is -2.12. The summed E-state index contributed by atoms with van der Waals surface area (Å²) in [4.78, 5) is 31.2. The number of hydrogen-bond acceptors (Lipinski definition) is 5. The van der Waals surface area contributed by atoms with E-state index in [1.165, 1.54) is 10.8 Å². The Hall–Kier alpha value is -1.59. The van der Waals surface area contributed by atoms with Crippen molar-refractivity contribution < 1.29 is 37.8 Å². The highest BCUT2D eigenvalue weighted by Gasteiger charge is 2.38. The predicted molar refractivity (Wildman–Crippen MR) is 108 cm³/mol. The maximum absolute atomic E-state index is 12.0. The second-order valence-electron chi connectivity index (χ2n) is 5.61. The van der Waals surface area contributed by atoms with E-state index in [9.17, 15) is 22.8 Å². The van der Waals surface area contributed by atoms with Gasteiger partial charge in [0.1, 0.15) is 0 Å². The molecule has 0 spiro atoms. The van der Waals surface area contributed by atoms with Crippen molar-refractivity contribution in [3.05, 3.63) is 34.9 Å². The molecule has 29 heavy (non-hydrogen) atoms. The molecule has 1 aromatic carbocycles. The molecule has 0 aliphatic rings. The minimum Gasteiger partial charge on any atom is -0.481 e. The average Bonchev–Trinajstić information content (AvgIpc) is 2.62. The van der Waals surface area contributed by atoms with E-state index in [0.717, 1.165) is 11.3 Å².